The molecule has 2 N–H and O–H groups in total. The average molecular weight is 524 g/mol. The first-order valence-electron chi connectivity index (χ1n) is 10.5. The van der Waals surface area contributed by atoms with E-state index in [2.05, 4.69) is 46.0 Å². The summed E-state index contributed by atoms with van der Waals surface area (Å²) in [5.41, 5.74) is 3.42. The SMILES string of the molecule is CCC(=O)N1CCC(NC(=NC)NCCCc2cn(-c3ccccc3)nc2C)C1.I. The van der Waals surface area contributed by atoms with E-state index in [1.54, 1.807) is 7.05 Å². The number of nitrogens with zero attached hydrogens (tertiary/aromatic N) is 4. The van der Waals surface area contributed by atoms with Crippen LogP contribution < -0.4 is 10.6 Å². The summed E-state index contributed by atoms with van der Waals surface area (Å²) in [7, 11) is 1.79. The lowest BCUT2D eigenvalue weighted by Crippen LogP contribution is -2.45. The van der Waals surface area contributed by atoms with E-state index >= 15 is 0 Å². The van der Waals surface area contributed by atoms with Gasteiger partial charge in [-0.2, -0.15) is 5.10 Å². The number of para-hydroxylation sites is 1. The Morgan fingerprint density at radius 2 is 2.07 bits per heavy atom. The van der Waals surface area contributed by atoms with Crippen LogP contribution in [0.4, 0.5) is 0 Å². The van der Waals surface area contributed by atoms with Crippen molar-refractivity contribution < 1.29 is 4.79 Å². The summed E-state index contributed by atoms with van der Waals surface area (Å²) in [6, 6.07) is 10.4. The minimum absolute atomic E-state index is 0. The van der Waals surface area contributed by atoms with Crippen molar-refractivity contribution in [3.8, 4) is 5.69 Å². The molecule has 2 heterocycles. The molecule has 0 aliphatic carbocycles. The van der Waals surface area contributed by atoms with E-state index in [1.165, 1.54) is 5.56 Å². The Morgan fingerprint density at radius 3 is 2.77 bits per heavy atom. The van der Waals surface area contributed by atoms with Crippen molar-refractivity contribution >= 4 is 35.8 Å². The Kier molecular flexibility index (Phi) is 9.61. The van der Waals surface area contributed by atoms with Crippen LogP contribution >= 0.6 is 24.0 Å². The number of nitrogens with one attached hydrogen (secondary N) is 2. The molecule has 1 fully saturated rings. The molecule has 1 aromatic carbocycles. The maximum atomic E-state index is 11.8. The number of guanidine groups is 1. The molecule has 1 aliphatic heterocycles. The van der Waals surface area contributed by atoms with Crippen molar-refractivity contribution in [2.24, 2.45) is 4.99 Å². The van der Waals surface area contributed by atoms with Crippen molar-refractivity contribution in [1.82, 2.24) is 25.3 Å². The van der Waals surface area contributed by atoms with Crippen LogP contribution in [0.15, 0.2) is 41.5 Å². The normalized spacial score (nSPS) is 16.3. The molecule has 0 spiro atoms. The quantitative estimate of drug-likeness (QED) is 0.253. The summed E-state index contributed by atoms with van der Waals surface area (Å²) in [4.78, 5) is 18.1. The summed E-state index contributed by atoms with van der Waals surface area (Å²) in [5, 5.41) is 11.5. The maximum absolute atomic E-state index is 11.8. The number of carbonyl (C=O) groups is 1. The molecule has 1 saturated heterocycles. The van der Waals surface area contributed by atoms with E-state index in [1.807, 2.05) is 34.7 Å². The van der Waals surface area contributed by atoms with Gasteiger partial charge in [0.1, 0.15) is 0 Å². The number of carbonyl (C=O) groups excluding carboxylic acids is 1. The van der Waals surface area contributed by atoms with Crippen LogP contribution in [-0.2, 0) is 11.2 Å². The molecule has 8 heteroatoms. The number of hydrogen-bond acceptors (Lipinski definition) is 3. The molecule has 1 atom stereocenters. The van der Waals surface area contributed by atoms with Gasteiger partial charge in [-0.25, -0.2) is 4.68 Å². The molecule has 0 saturated carbocycles. The number of hydrogen-bond donors (Lipinski definition) is 2. The summed E-state index contributed by atoms with van der Waals surface area (Å²) in [6.45, 7) is 6.39. The van der Waals surface area contributed by atoms with Crippen molar-refractivity contribution in [1.29, 1.82) is 0 Å². The van der Waals surface area contributed by atoms with Crippen LogP contribution in [0.3, 0.4) is 0 Å². The Labute approximate surface area is 196 Å². The van der Waals surface area contributed by atoms with E-state index in [0.717, 1.165) is 56.2 Å². The fourth-order valence-electron chi connectivity index (χ4n) is 3.66. The molecule has 1 amide bonds. The zero-order valence-corrected chi connectivity index (χ0v) is 20.4. The molecule has 164 valence electrons. The number of aryl methyl sites for hydroxylation is 2. The van der Waals surface area contributed by atoms with Gasteiger partial charge in [0.05, 0.1) is 11.4 Å². The third-order valence-corrected chi connectivity index (χ3v) is 5.34. The van der Waals surface area contributed by atoms with Crippen molar-refractivity contribution in [3.63, 3.8) is 0 Å². The van der Waals surface area contributed by atoms with E-state index < -0.39 is 0 Å². The minimum Gasteiger partial charge on any atom is -0.356 e. The predicted octanol–water partition coefficient (Wildman–Crippen LogP) is 2.91. The summed E-state index contributed by atoms with van der Waals surface area (Å²) < 4.78 is 1.95. The molecule has 2 aromatic rings. The average Bonchev–Trinajstić information content (AvgIpc) is 3.37. The molecular weight excluding hydrogens is 491 g/mol. The monoisotopic (exact) mass is 524 g/mol. The maximum Gasteiger partial charge on any atom is 0.222 e. The molecule has 3 rings (SSSR count). The standard InChI is InChI=1S/C22H32N6O.HI/c1-4-21(29)27-14-12-19(16-27)25-22(23-3)24-13-8-9-18-15-28(26-17(18)2)20-10-6-5-7-11-20;/h5-7,10-11,15,19H,4,8-9,12-14,16H2,1-3H3,(H2,23,24,25);1H. The van der Waals surface area contributed by atoms with Gasteiger partial charge in [0.2, 0.25) is 5.91 Å². The summed E-state index contributed by atoms with van der Waals surface area (Å²) in [5.74, 6) is 1.03. The van der Waals surface area contributed by atoms with E-state index in [-0.39, 0.29) is 35.9 Å². The molecule has 1 aliphatic rings. The van der Waals surface area contributed by atoms with Crippen LogP contribution in [0.2, 0.25) is 0 Å². The lowest BCUT2D eigenvalue weighted by atomic mass is 10.1. The summed E-state index contributed by atoms with van der Waals surface area (Å²) >= 11 is 0. The minimum atomic E-state index is 0. The molecule has 0 radical (unpaired) electrons. The molecule has 1 aromatic heterocycles. The number of aromatic nitrogens is 2. The topological polar surface area (TPSA) is 74.6 Å². The van der Waals surface area contributed by atoms with Crippen LogP contribution in [0.25, 0.3) is 5.69 Å². The highest BCUT2D eigenvalue weighted by Crippen LogP contribution is 2.13. The number of rotatable bonds is 7. The van der Waals surface area contributed by atoms with Crippen molar-refractivity contribution in [2.75, 3.05) is 26.7 Å². The van der Waals surface area contributed by atoms with E-state index in [4.69, 9.17) is 0 Å². The van der Waals surface area contributed by atoms with Gasteiger partial charge in [-0.05, 0) is 43.9 Å². The van der Waals surface area contributed by atoms with Gasteiger partial charge in [-0.1, -0.05) is 25.1 Å². The first-order valence-corrected chi connectivity index (χ1v) is 10.5. The first kappa shape index (κ1) is 24.2. The second-order valence-corrected chi connectivity index (χ2v) is 7.45. The van der Waals surface area contributed by atoms with Gasteiger partial charge < -0.3 is 15.5 Å². The zero-order chi connectivity index (χ0) is 20.6. The van der Waals surface area contributed by atoms with Crippen LogP contribution in [0, 0.1) is 6.92 Å². The molecule has 1 unspecified atom stereocenters. The number of halogens is 1. The number of benzene rings is 1. The zero-order valence-electron chi connectivity index (χ0n) is 18.1. The van der Waals surface area contributed by atoms with Gasteiger partial charge in [-0.3, -0.25) is 9.79 Å². The van der Waals surface area contributed by atoms with E-state index in [0.29, 0.717) is 6.42 Å². The second kappa shape index (κ2) is 11.9. The number of aliphatic imine (C=N–C) groups is 1. The second-order valence-electron chi connectivity index (χ2n) is 7.45. The van der Waals surface area contributed by atoms with Crippen molar-refractivity contribution in [3.05, 3.63) is 47.8 Å². The molecular formula is C22H33IN6O. The third-order valence-electron chi connectivity index (χ3n) is 5.34. The van der Waals surface area contributed by atoms with Gasteiger partial charge in [0.25, 0.3) is 0 Å². The molecule has 7 nitrogen and oxygen atoms in total. The highest BCUT2D eigenvalue weighted by atomic mass is 127. The van der Waals surface area contributed by atoms with Crippen LogP contribution in [0.1, 0.15) is 37.4 Å². The molecule has 0 bridgehead atoms. The largest absolute Gasteiger partial charge is 0.356 e. The number of likely N-dealkylation sites (tertiary alicyclic amines) is 1. The fourth-order valence-corrected chi connectivity index (χ4v) is 3.66. The highest BCUT2D eigenvalue weighted by Gasteiger charge is 2.25. The lowest BCUT2D eigenvalue weighted by Gasteiger charge is -2.18. The molecule has 30 heavy (non-hydrogen) atoms. The van der Waals surface area contributed by atoms with Crippen molar-refractivity contribution in [2.45, 2.75) is 45.6 Å². The van der Waals surface area contributed by atoms with Gasteiger partial charge in [0.15, 0.2) is 5.96 Å². The fraction of sp³-hybridized carbons (Fsp3) is 0.500. The Balaban J connectivity index is 0.00000320. The highest BCUT2D eigenvalue weighted by molar-refractivity contribution is 14.0. The lowest BCUT2D eigenvalue weighted by molar-refractivity contribution is -0.129. The Bertz CT molecular complexity index is 835. The third kappa shape index (κ3) is 6.45. The smallest absolute Gasteiger partial charge is 0.222 e. The number of amides is 1. The van der Waals surface area contributed by atoms with E-state index in [9.17, 15) is 4.79 Å². The van der Waals surface area contributed by atoms with Crippen LogP contribution in [-0.4, -0.2) is 59.3 Å². The van der Waals surface area contributed by atoms with Gasteiger partial charge in [-0.15, -0.1) is 24.0 Å². The summed E-state index contributed by atoms with van der Waals surface area (Å²) in [6.07, 6.45) is 5.61. The Morgan fingerprint density at radius 1 is 1.30 bits per heavy atom. The predicted molar refractivity (Wildman–Crippen MR) is 132 cm³/mol. The first-order chi connectivity index (χ1) is 14.1. The van der Waals surface area contributed by atoms with Gasteiger partial charge >= 0.3 is 0 Å². The Hall–Kier alpha value is -2.10. The van der Waals surface area contributed by atoms with Crippen LogP contribution in [0.5, 0.6) is 0 Å². The van der Waals surface area contributed by atoms with Gasteiger partial charge in [0, 0.05) is 45.3 Å².